The summed E-state index contributed by atoms with van der Waals surface area (Å²) in [5.74, 6) is 1.39. The lowest BCUT2D eigenvalue weighted by Gasteiger charge is -2.20. The number of hydrogen-bond donors (Lipinski definition) is 2. The first-order valence-corrected chi connectivity index (χ1v) is 7.82. The number of anilines is 1. The number of amides is 1. The summed E-state index contributed by atoms with van der Waals surface area (Å²) in [6, 6.07) is 10.9. The van der Waals surface area contributed by atoms with Gasteiger partial charge in [0.05, 0.1) is 6.61 Å². The molecule has 3 rings (SSSR count). The third kappa shape index (κ3) is 4.18. The molecule has 1 amide bonds. The van der Waals surface area contributed by atoms with E-state index in [2.05, 4.69) is 15.8 Å². The minimum Gasteiger partial charge on any atom is -0.381 e. The maximum atomic E-state index is 12.6. The number of carbonyl (C=O) groups is 1. The van der Waals surface area contributed by atoms with Gasteiger partial charge in [0.15, 0.2) is 5.82 Å². The van der Waals surface area contributed by atoms with Crippen LogP contribution in [0, 0.1) is 12.8 Å². The van der Waals surface area contributed by atoms with Crippen molar-refractivity contribution >= 4 is 11.7 Å². The first kappa shape index (κ1) is 15.7. The van der Waals surface area contributed by atoms with Crippen molar-refractivity contribution in [3.8, 4) is 0 Å². The number of aryl methyl sites for hydroxylation is 1. The predicted octanol–water partition coefficient (Wildman–Crippen LogP) is 2.29. The lowest BCUT2D eigenvalue weighted by Crippen LogP contribution is -2.36. The molecule has 1 saturated heterocycles. The number of benzene rings is 1. The summed E-state index contributed by atoms with van der Waals surface area (Å²) in [6.07, 6.45) is 1.03. The Bertz CT molecular complexity index is 636. The van der Waals surface area contributed by atoms with Gasteiger partial charge in [-0.15, -0.1) is 0 Å². The molecule has 1 aliphatic heterocycles. The van der Waals surface area contributed by atoms with Crippen LogP contribution in [-0.4, -0.2) is 30.8 Å². The molecule has 122 valence electrons. The smallest absolute Gasteiger partial charge is 0.247 e. The van der Waals surface area contributed by atoms with Crippen molar-refractivity contribution in [1.29, 1.82) is 0 Å². The molecule has 0 aliphatic carbocycles. The Morgan fingerprint density at radius 3 is 2.87 bits per heavy atom. The van der Waals surface area contributed by atoms with Crippen LogP contribution in [0.2, 0.25) is 0 Å². The van der Waals surface area contributed by atoms with Crippen molar-refractivity contribution in [2.75, 3.05) is 25.1 Å². The van der Waals surface area contributed by atoms with Crippen molar-refractivity contribution in [2.45, 2.75) is 19.4 Å². The van der Waals surface area contributed by atoms with Crippen molar-refractivity contribution in [2.24, 2.45) is 5.92 Å². The number of nitrogens with one attached hydrogen (secondary N) is 2. The molecule has 0 spiro atoms. The van der Waals surface area contributed by atoms with Gasteiger partial charge in [-0.1, -0.05) is 35.5 Å². The first-order valence-electron chi connectivity index (χ1n) is 7.82. The molecule has 6 heteroatoms. The van der Waals surface area contributed by atoms with E-state index in [0.717, 1.165) is 31.7 Å². The summed E-state index contributed by atoms with van der Waals surface area (Å²) < 4.78 is 10.4. The summed E-state index contributed by atoms with van der Waals surface area (Å²) in [4.78, 5) is 12.6. The van der Waals surface area contributed by atoms with Gasteiger partial charge in [-0.2, -0.15) is 0 Å². The molecule has 0 bridgehead atoms. The lowest BCUT2D eigenvalue weighted by molar-refractivity contribution is -0.118. The fourth-order valence-electron chi connectivity index (χ4n) is 2.66. The number of nitrogens with zero attached hydrogens (tertiary/aromatic N) is 1. The zero-order valence-electron chi connectivity index (χ0n) is 13.1. The quantitative estimate of drug-likeness (QED) is 0.855. The summed E-state index contributed by atoms with van der Waals surface area (Å²) >= 11 is 0. The molecule has 2 aromatic rings. The van der Waals surface area contributed by atoms with Gasteiger partial charge in [-0.3, -0.25) is 4.79 Å². The topological polar surface area (TPSA) is 76.4 Å². The Hall–Kier alpha value is -2.18. The molecule has 0 saturated carbocycles. The maximum Gasteiger partial charge on any atom is 0.247 e. The fraction of sp³-hybridized carbons (Fsp3) is 0.412. The molecule has 1 aromatic carbocycles. The van der Waals surface area contributed by atoms with Gasteiger partial charge in [0.25, 0.3) is 0 Å². The molecular weight excluding hydrogens is 294 g/mol. The molecule has 1 aliphatic rings. The van der Waals surface area contributed by atoms with E-state index in [1.165, 1.54) is 0 Å². The zero-order chi connectivity index (χ0) is 16.1. The van der Waals surface area contributed by atoms with E-state index >= 15 is 0 Å². The van der Waals surface area contributed by atoms with E-state index in [1.54, 1.807) is 13.0 Å². The van der Waals surface area contributed by atoms with E-state index in [1.807, 2.05) is 30.3 Å². The largest absolute Gasteiger partial charge is 0.381 e. The van der Waals surface area contributed by atoms with E-state index in [4.69, 9.17) is 9.26 Å². The molecule has 1 fully saturated rings. The molecular formula is C17H21N3O3. The molecule has 1 aromatic heterocycles. The second kappa shape index (κ2) is 7.39. The Kier molecular flexibility index (Phi) is 5.05. The van der Waals surface area contributed by atoms with Gasteiger partial charge in [0.1, 0.15) is 11.8 Å². The number of hydrogen-bond acceptors (Lipinski definition) is 5. The molecule has 2 atom stereocenters. The molecule has 23 heavy (non-hydrogen) atoms. The highest BCUT2D eigenvalue weighted by atomic mass is 16.5. The standard InChI is InChI=1S/C17H21N3O3/c1-12-9-15(20-23-12)19-17(21)16(14-5-3-2-4-6-14)18-10-13-7-8-22-11-13/h2-6,9,13,16,18H,7-8,10-11H2,1H3,(H,19,20,21)/t13-,16+/m1/s1. The third-order valence-electron chi connectivity index (χ3n) is 3.91. The SMILES string of the molecule is Cc1cc(NC(=O)[C@@H](NC[C@H]2CCOC2)c2ccccc2)no1. The molecule has 2 N–H and O–H groups in total. The Morgan fingerprint density at radius 2 is 2.22 bits per heavy atom. The van der Waals surface area contributed by atoms with Gasteiger partial charge < -0.3 is 19.9 Å². The summed E-state index contributed by atoms with van der Waals surface area (Å²) in [5.41, 5.74) is 0.920. The molecule has 0 unspecified atom stereocenters. The average molecular weight is 315 g/mol. The summed E-state index contributed by atoms with van der Waals surface area (Å²) in [7, 11) is 0. The summed E-state index contributed by atoms with van der Waals surface area (Å²) in [6.45, 7) is 4.08. The third-order valence-corrected chi connectivity index (χ3v) is 3.91. The fourth-order valence-corrected chi connectivity index (χ4v) is 2.66. The van der Waals surface area contributed by atoms with E-state index in [9.17, 15) is 4.79 Å². The first-order chi connectivity index (χ1) is 11.2. The molecule has 0 radical (unpaired) electrons. The Labute approximate surface area is 135 Å². The van der Waals surface area contributed by atoms with Crippen molar-refractivity contribution in [1.82, 2.24) is 10.5 Å². The van der Waals surface area contributed by atoms with Gasteiger partial charge in [0.2, 0.25) is 5.91 Å². The van der Waals surface area contributed by atoms with Crippen LogP contribution >= 0.6 is 0 Å². The van der Waals surface area contributed by atoms with Crippen molar-refractivity contribution in [3.63, 3.8) is 0 Å². The van der Waals surface area contributed by atoms with Crippen LogP contribution in [-0.2, 0) is 9.53 Å². The summed E-state index contributed by atoms with van der Waals surface area (Å²) in [5, 5.41) is 9.97. The minimum atomic E-state index is -0.436. The zero-order valence-corrected chi connectivity index (χ0v) is 13.1. The maximum absolute atomic E-state index is 12.6. The average Bonchev–Trinajstić information content (AvgIpc) is 3.20. The molecule has 6 nitrogen and oxygen atoms in total. The Balaban J connectivity index is 1.69. The number of carbonyl (C=O) groups excluding carboxylic acids is 1. The molecule has 2 heterocycles. The van der Waals surface area contributed by atoms with Gasteiger partial charge in [-0.05, 0) is 24.8 Å². The predicted molar refractivity (Wildman–Crippen MR) is 86.0 cm³/mol. The number of rotatable bonds is 6. The highest BCUT2D eigenvalue weighted by Crippen LogP contribution is 2.18. The van der Waals surface area contributed by atoms with Crippen LogP contribution in [0.4, 0.5) is 5.82 Å². The van der Waals surface area contributed by atoms with Crippen LogP contribution in [0.3, 0.4) is 0 Å². The van der Waals surface area contributed by atoms with E-state index in [0.29, 0.717) is 17.5 Å². The highest BCUT2D eigenvalue weighted by Gasteiger charge is 2.24. The normalized spacial score (nSPS) is 18.7. The second-order valence-electron chi connectivity index (χ2n) is 5.79. The van der Waals surface area contributed by atoms with E-state index < -0.39 is 6.04 Å². The Morgan fingerprint density at radius 1 is 1.39 bits per heavy atom. The number of aromatic nitrogens is 1. The van der Waals surface area contributed by atoms with Gasteiger partial charge in [0, 0.05) is 19.2 Å². The minimum absolute atomic E-state index is 0.150. The number of ether oxygens (including phenoxy) is 1. The van der Waals surface area contributed by atoms with Gasteiger partial charge >= 0.3 is 0 Å². The highest BCUT2D eigenvalue weighted by molar-refractivity contribution is 5.94. The van der Waals surface area contributed by atoms with Gasteiger partial charge in [-0.25, -0.2) is 0 Å². The monoisotopic (exact) mass is 315 g/mol. The van der Waals surface area contributed by atoms with Crippen LogP contribution in [0.25, 0.3) is 0 Å². The van der Waals surface area contributed by atoms with Crippen LogP contribution in [0.1, 0.15) is 23.8 Å². The van der Waals surface area contributed by atoms with Crippen LogP contribution in [0.5, 0.6) is 0 Å². The van der Waals surface area contributed by atoms with Crippen LogP contribution < -0.4 is 10.6 Å². The van der Waals surface area contributed by atoms with Crippen molar-refractivity contribution in [3.05, 3.63) is 47.7 Å². The van der Waals surface area contributed by atoms with E-state index in [-0.39, 0.29) is 5.91 Å². The van der Waals surface area contributed by atoms with Crippen LogP contribution in [0.15, 0.2) is 40.9 Å². The van der Waals surface area contributed by atoms with Crippen molar-refractivity contribution < 1.29 is 14.1 Å². The lowest BCUT2D eigenvalue weighted by atomic mass is 10.0. The second-order valence-corrected chi connectivity index (χ2v) is 5.79.